The number of ketones is 1. The molecule has 0 aliphatic carbocycles. The molecule has 0 saturated heterocycles. The molecule has 0 unspecified atom stereocenters. The number of hydrogen-bond acceptors (Lipinski definition) is 3. The fourth-order valence-corrected chi connectivity index (χ4v) is 2.20. The summed E-state index contributed by atoms with van der Waals surface area (Å²) in [7, 11) is 0. The van der Waals surface area contributed by atoms with Crippen molar-refractivity contribution < 1.29 is 9.18 Å². The van der Waals surface area contributed by atoms with Gasteiger partial charge in [-0.1, -0.05) is 59.8 Å². The number of hydrogen-bond donors (Lipinski definition) is 0. The zero-order chi connectivity index (χ0) is 15.5. The van der Waals surface area contributed by atoms with Crippen LogP contribution in [0.2, 0.25) is 0 Å². The van der Waals surface area contributed by atoms with Crippen LogP contribution in [0, 0.1) is 5.95 Å². The van der Waals surface area contributed by atoms with Gasteiger partial charge >= 0.3 is 0 Å². The quantitative estimate of drug-likeness (QED) is 0.694. The van der Waals surface area contributed by atoms with Gasteiger partial charge in [-0.3, -0.25) is 4.79 Å². The van der Waals surface area contributed by atoms with E-state index in [1.807, 2.05) is 30.3 Å². The lowest BCUT2D eigenvalue weighted by Crippen LogP contribution is -2.04. The second-order valence-electron chi connectivity index (χ2n) is 5.01. The molecule has 0 spiro atoms. The van der Waals surface area contributed by atoms with Crippen molar-refractivity contribution in [1.29, 1.82) is 0 Å². The summed E-state index contributed by atoms with van der Waals surface area (Å²) < 4.78 is 15.7. The van der Waals surface area contributed by atoms with E-state index in [2.05, 4.69) is 10.3 Å². The van der Waals surface area contributed by atoms with Gasteiger partial charge in [0.15, 0.2) is 5.78 Å². The molecule has 5 heteroatoms. The topological polar surface area (TPSA) is 47.8 Å². The second kappa shape index (κ2) is 5.89. The van der Waals surface area contributed by atoms with Crippen LogP contribution in [0.25, 0.3) is 11.3 Å². The van der Waals surface area contributed by atoms with Crippen LogP contribution in [0.15, 0.2) is 54.6 Å². The molecule has 4 nitrogen and oxygen atoms in total. The number of rotatable bonds is 4. The lowest BCUT2D eigenvalue weighted by atomic mass is 10.1. The van der Waals surface area contributed by atoms with E-state index in [0.29, 0.717) is 17.7 Å². The number of halogens is 1. The first-order valence-electron chi connectivity index (χ1n) is 6.89. The Morgan fingerprint density at radius 1 is 1.09 bits per heavy atom. The Bertz CT molecular complexity index is 795. The van der Waals surface area contributed by atoms with Crippen LogP contribution < -0.4 is 0 Å². The SMILES string of the molecule is CC(=O)c1ccc(-c2nnn(Cc3ccccc3)c2F)cc1. The molecule has 0 saturated carbocycles. The summed E-state index contributed by atoms with van der Waals surface area (Å²) in [5.41, 5.74) is 2.32. The van der Waals surface area contributed by atoms with Crippen LogP contribution in [0.4, 0.5) is 4.39 Å². The maximum atomic E-state index is 14.4. The molecule has 1 heterocycles. The third-order valence-corrected chi connectivity index (χ3v) is 3.41. The van der Waals surface area contributed by atoms with Crippen LogP contribution in [0.5, 0.6) is 0 Å². The van der Waals surface area contributed by atoms with E-state index in [-0.39, 0.29) is 11.5 Å². The number of carbonyl (C=O) groups is 1. The van der Waals surface area contributed by atoms with Crippen molar-refractivity contribution >= 4 is 5.78 Å². The highest BCUT2D eigenvalue weighted by molar-refractivity contribution is 5.94. The Kier molecular flexibility index (Phi) is 3.78. The normalized spacial score (nSPS) is 10.6. The molecule has 0 radical (unpaired) electrons. The van der Waals surface area contributed by atoms with Crippen molar-refractivity contribution in [2.45, 2.75) is 13.5 Å². The van der Waals surface area contributed by atoms with Crippen molar-refractivity contribution in [3.63, 3.8) is 0 Å². The first-order valence-corrected chi connectivity index (χ1v) is 6.89. The number of aromatic nitrogens is 3. The maximum absolute atomic E-state index is 14.4. The van der Waals surface area contributed by atoms with E-state index in [9.17, 15) is 9.18 Å². The van der Waals surface area contributed by atoms with E-state index in [1.54, 1.807) is 24.3 Å². The molecule has 0 bridgehead atoms. The van der Waals surface area contributed by atoms with Crippen LogP contribution in [0.1, 0.15) is 22.8 Å². The molecule has 0 atom stereocenters. The van der Waals surface area contributed by atoms with Gasteiger partial charge in [-0.2, -0.15) is 4.39 Å². The van der Waals surface area contributed by atoms with Gasteiger partial charge in [-0.25, -0.2) is 4.68 Å². The van der Waals surface area contributed by atoms with E-state index in [4.69, 9.17) is 0 Å². The number of benzene rings is 2. The summed E-state index contributed by atoms with van der Waals surface area (Å²) in [6, 6.07) is 16.2. The van der Waals surface area contributed by atoms with Crippen LogP contribution in [-0.2, 0) is 6.54 Å². The second-order valence-corrected chi connectivity index (χ2v) is 5.01. The van der Waals surface area contributed by atoms with E-state index in [0.717, 1.165) is 5.56 Å². The molecular formula is C17H14FN3O. The summed E-state index contributed by atoms with van der Waals surface area (Å²) >= 11 is 0. The largest absolute Gasteiger partial charge is 0.295 e. The van der Waals surface area contributed by atoms with Gasteiger partial charge in [0.1, 0.15) is 5.69 Å². The van der Waals surface area contributed by atoms with Gasteiger partial charge in [-0.05, 0) is 12.5 Å². The summed E-state index contributed by atoms with van der Waals surface area (Å²) in [6.45, 7) is 1.82. The lowest BCUT2D eigenvalue weighted by Gasteiger charge is -2.02. The fourth-order valence-electron chi connectivity index (χ4n) is 2.20. The Morgan fingerprint density at radius 2 is 1.77 bits per heavy atom. The molecule has 0 fully saturated rings. The maximum Gasteiger partial charge on any atom is 0.240 e. The predicted molar refractivity (Wildman–Crippen MR) is 81.0 cm³/mol. The third-order valence-electron chi connectivity index (χ3n) is 3.41. The zero-order valence-corrected chi connectivity index (χ0v) is 12.0. The number of nitrogens with zero attached hydrogens (tertiary/aromatic N) is 3. The van der Waals surface area contributed by atoms with Crippen LogP contribution >= 0.6 is 0 Å². The standard InChI is InChI=1S/C17H14FN3O/c1-12(22)14-7-9-15(10-8-14)16-17(18)21(20-19-16)11-13-5-3-2-4-6-13/h2-10H,11H2,1H3. The van der Waals surface area contributed by atoms with Crippen molar-refractivity contribution in [1.82, 2.24) is 15.0 Å². The average molecular weight is 295 g/mol. The summed E-state index contributed by atoms with van der Waals surface area (Å²) in [4.78, 5) is 11.3. The minimum atomic E-state index is -0.487. The molecule has 0 aliphatic rings. The highest BCUT2D eigenvalue weighted by atomic mass is 19.1. The molecule has 1 aromatic heterocycles. The molecule has 0 amide bonds. The van der Waals surface area contributed by atoms with Crippen LogP contribution in [-0.4, -0.2) is 20.8 Å². The van der Waals surface area contributed by atoms with Gasteiger partial charge < -0.3 is 0 Å². The molecule has 22 heavy (non-hydrogen) atoms. The van der Waals surface area contributed by atoms with Gasteiger partial charge in [-0.15, -0.1) is 5.10 Å². The highest BCUT2D eigenvalue weighted by Crippen LogP contribution is 2.21. The van der Waals surface area contributed by atoms with Crippen molar-refractivity contribution in [3.8, 4) is 11.3 Å². The van der Waals surface area contributed by atoms with E-state index >= 15 is 0 Å². The smallest absolute Gasteiger partial charge is 0.240 e. The third kappa shape index (κ3) is 2.79. The van der Waals surface area contributed by atoms with Gasteiger partial charge in [0, 0.05) is 11.1 Å². The minimum Gasteiger partial charge on any atom is -0.295 e. The lowest BCUT2D eigenvalue weighted by molar-refractivity contribution is 0.101. The Labute approximate surface area is 127 Å². The van der Waals surface area contributed by atoms with E-state index in [1.165, 1.54) is 11.6 Å². The summed E-state index contributed by atoms with van der Waals surface area (Å²) in [5, 5.41) is 7.78. The fraction of sp³-hybridized carbons (Fsp3) is 0.118. The van der Waals surface area contributed by atoms with Gasteiger partial charge in [0.2, 0.25) is 5.95 Å². The first kappa shape index (κ1) is 14.1. The van der Waals surface area contributed by atoms with Crippen molar-refractivity contribution in [3.05, 3.63) is 71.7 Å². The Balaban J connectivity index is 1.88. The van der Waals surface area contributed by atoms with Crippen molar-refractivity contribution in [2.24, 2.45) is 0 Å². The predicted octanol–water partition coefficient (Wildman–Crippen LogP) is 3.34. The Hall–Kier alpha value is -2.82. The summed E-state index contributed by atoms with van der Waals surface area (Å²) in [6.07, 6.45) is 0. The first-order chi connectivity index (χ1) is 10.6. The molecule has 3 rings (SSSR count). The highest BCUT2D eigenvalue weighted by Gasteiger charge is 2.15. The van der Waals surface area contributed by atoms with Gasteiger partial charge in [0.05, 0.1) is 6.54 Å². The Morgan fingerprint density at radius 3 is 2.41 bits per heavy atom. The minimum absolute atomic E-state index is 0.0280. The molecule has 3 aromatic rings. The summed E-state index contributed by atoms with van der Waals surface area (Å²) in [5.74, 6) is -0.515. The molecule has 0 aliphatic heterocycles. The monoisotopic (exact) mass is 295 g/mol. The van der Waals surface area contributed by atoms with Crippen LogP contribution in [0.3, 0.4) is 0 Å². The zero-order valence-electron chi connectivity index (χ0n) is 12.0. The number of carbonyl (C=O) groups excluding carboxylic acids is 1. The number of Topliss-reactive ketones (excluding diaryl/α,β-unsaturated/α-hetero) is 1. The molecule has 110 valence electrons. The molecular weight excluding hydrogens is 281 g/mol. The molecule has 2 aromatic carbocycles. The van der Waals surface area contributed by atoms with Gasteiger partial charge in [0.25, 0.3) is 0 Å². The average Bonchev–Trinajstić information content (AvgIpc) is 2.89. The van der Waals surface area contributed by atoms with E-state index < -0.39 is 5.95 Å². The van der Waals surface area contributed by atoms with Crippen molar-refractivity contribution in [2.75, 3.05) is 0 Å². The molecule has 0 N–H and O–H groups in total.